The number of rotatable bonds is 6. The van der Waals surface area contributed by atoms with Gasteiger partial charge in [0, 0.05) is 29.4 Å². The number of ether oxygens (including phenoxy) is 1. The standard InChI is InChI=1S/C19H24N2O3/c1-24-16-7-8-17-15(11-16)10-14(19(23)21-17)6-9-18(22)20-12-13-4-2-3-5-13/h7-8,10-11,13H,2-6,9,12H2,1H3,(H,20,22)(H,21,23). The largest absolute Gasteiger partial charge is 0.497 e. The summed E-state index contributed by atoms with van der Waals surface area (Å²) in [7, 11) is 1.61. The molecule has 128 valence electrons. The second kappa shape index (κ2) is 7.51. The lowest BCUT2D eigenvalue weighted by atomic mass is 10.1. The quantitative estimate of drug-likeness (QED) is 0.856. The van der Waals surface area contributed by atoms with Gasteiger partial charge in [0.05, 0.1) is 7.11 Å². The topological polar surface area (TPSA) is 71.2 Å². The van der Waals surface area contributed by atoms with E-state index in [0.29, 0.717) is 24.3 Å². The Kier molecular flexibility index (Phi) is 5.18. The van der Waals surface area contributed by atoms with E-state index in [1.165, 1.54) is 25.7 Å². The number of nitrogens with one attached hydrogen (secondary N) is 2. The molecule has 1 fully saturated rings. The van der Waals surface area contributed by atoms with Crippen LogP contribution in [0, 0.1) is 5.92 Å². The molecule has 0 radical (unpaired) electrons. The summed E-state index contributed by atoms with van der Waals surface area (Å²) >= 11 is 0. The molecule has 0 spiro atoms. The van der Waals surface area contributed by atoms with E-state index in [1.807, 2.05) is 24.3 Å². The van der Waals surface area contributed by atoms with Gasteiger partial charge in [-0.15, -0.1) is 0 Å². The van der Waals surface area contributed by atoms with Crippen molar-refractivity contribution in [3.8, 4) is 5.75 Å². The molecule has 1 heterocycles. The summed E-state index contributed by atoms with van der Waals surface area (Å²) in [6.45, 7) is 0.768. The number of hydrogen-bond donors (Lipinski definition) is 2. The number of fused-ring (bicyclic) bond motifs is 1. The molecular formula is C19H24N2O3. The normalized spacial score (nSPS) is 14.9. The summed E-state index contributed by atoms with van der Waals surface area (Å²) in [5, 5.41) is 3.91. The van der Waals surface area contributed by atoms with Gasteiger partial charge in [-0.1, -0.05) is 12.8 Å². The Labute approximate surface area is 141 Å². The minimum Gasteiger partial charge on any atom is -0.497 e. The first-order chi connectivity index (χ1) is 11.7. The van der Waals surface area contributed by atoms with Crippen molar-refractivity contribution in [2.45, 2.75) is 38.5 Å². The highest BCUT2D eigenvalue weighted by atomic mass is 16.5. The maximum absolute atomic E-state index is 12.1. The number of aromatic nitrogens is 1. The minimum absolute atomic E-state index is 0.0204. The van der Waals surface area contributed by atoms with E-state index >= 15 is 0 Å². The number of aryl methyl sites for hydroxylation is 1. The minimum atomic E-state index is -0.128. The lowest BCUT2D eigenvalue weighted by Gasteiger charge is -2.10. The van der Waals surface area contributed by atoms with Crippen molar-refractivity contribution in [3.05, 3.63) is 40.2 Å². The molecule has 0 unspecified atom stereocenters. The van der Waals surface area contributed by atoms with Crippen LogP contribution in [0.1, 0.15) is 37.7 Å². The highest BCUT2D eigenvalue weighted by Gasteiger charge is 2.15. The van der Waals surface area contributed by atoms with Gasteiger partial charge in [0.25, 0.3) is 5.56 Å². The van der Waals surface area contributed by atoms with Crippen LogP contribution in [0.5, 0.6) is 5.75 Å². The van der Waals surface area contributed by atoms with E-state index in [4.69, 9.17) is 4.74 Å². The predicted molar refractivity (Wildman–Crippen MR) is 94.4 cm³/mol. The second-order valence-electron chi connectivity index (χ2n) is 6.53. The molecule has 24 heavy (non-hydrogen) atoms. The number of amides is 1. The number of carbonyl (C=O) groups is 1. The molecule has 5 nitrogen and oxygen atoms in total. The third-order valence-electron chi connectivity index (χ3n) is 4.81. The summed E-state index contributed by atoms with van der Waals surface area (Å²) in [6.07, 6.45) is 5.76. The number of carbonyl (C=O) groups excluding carboxylic acids is 1. The van der Waals surface area contributed by atoms with Crippen molar-refractivity contribution in [3.63, 3.8) is 0 Å². The van der Waals surface area contributed by atoms with Crippen LogP contribution in [-0.2, 0) is 11.2 Å². The Hall–Kier alpha value is -2.30. The Morgan fingerprint density at radius 1 is 1.29 bits per heavy atom. The summed E-state index contributed by atoms with van der Waals surface area (Å²) in [6, 6.07) is 7.37. The lowest BCUT2D eigenvalue weighted by Crippen LogP contribution is -2.29. The molecule has 0 atom stereocenters. The summed E-state index contributed by atoms with van der Waals surface area (Å²) in [5.41, 5.74) is 1.28. The SMILES string of the molecule is COc1ccc2[nH]c(=O)c(CCC(=O)NCC3CCCC3)cc2c1. The van der Waals surface area contributed by atoms with Crippen molar-refractivity contribution < 1.29 is 9.53 Å². The van der Waals surface area contributed by atoms with Crippen LogP contribution in [-0.4, -0.2) is 24.5 Å². The van der Waals surface area contributed by atoms with Crippen LogP contribution < -0.4 is 15.6 Å². The fourth-order valence-electron chi connectivity index (χ4n) is 3.35. The van der Waals surface area contributed by atoms with Gasteiger partial charge in [0.1, 0.15) is 5.75 Å². The molecule has 3 rings (SSSR count). The summed E-state index contributed by atoms with van der Waals surface area (Å²) in [5.74, 6) is 1.40. The molecule has 0 saturated heterocycles. The molecule has 1 aromatic carbocycles. The van der Waals surface area contributed by atoms with E-state index in [2.05, 4.69) is 10.3 Å². The molecular weight excluding hydrogens is 304 g/mol. The first kappa shape index (κ1) is 16.6. The number of methoxy groups -OCH3 is 1. The zero-order valence-corrected chi connectivity index (χ0v) is 14.1. The molecule has 1 amide bonds. The number of aromatic amines is 1. The van der Waals surface area contributed by atoms with Crippen molar-refractivity contribution in [1.29, 1.82) is 0 Å². The molecule has 1 aromatic heterocycles. The Morgan fingerprint density at radius 2 is 2.08 bits per heavy atom. The average Bonchev–Trinajstić information content (AvgIpc) is 3.11. The zero-order chi connectivity index (χ0) is 16.9. The molecule has 2 N–H and O–H groups in total. The number of pyridine rings is 1. The fraction of sp³-hybridized carbons (Fsp3) is 0.474. The van der Waals surface area contributed by atoms with Crippen molar-refractivity contribution >= 4 is 16.8 Å². The van der Waals surface area contributed by atoms with Crippen molar-refractivity contribution in [2.24, 2.45) is 5.92 Å². The Balaban J connectivity index is 1.62. The monoisotopic (exact) mass is 328 g/mol. The van der Waals surface area contributed by atoms with E-state index in [1.54, 1.807) is 7.11 Å². The smallest absolute Gasteiger partial charge is 0.251 e. The molecule has 2 aromatic rings. The predicted octanol–water partition coefficient (Wildman–Crippen LogP) is 2.78. The zero-order valence-electron chi connectivity index (χ0n) is 14.1. The van der Waals surface area contributed by atoms with E-state index in [0.717, 1.165) is 23.2 Å². The highest BCUT2D eigenvalue weighted by Crippen LogP contribution is 2.23. The molecule has 1 aliphatic rings. The van der Waals surface area contributed by atoms with Gasteiger partial charge in [0.2, 0.25) is 5.91 Å². The molecule has 1 saturated carbocycles. The number of benzene rings is 1. The van der Waals surface area contributed by atoms with Gasteiger partial charge in [-0.25, -0.2) is 0 Å². The molecule has 0 bridgehead atoms. The van der Waals surface area contributed by atoms with Crippen LogP contribution in [0.3, 0.4) is 0 Å². The van der Waals surface area contributed by atoms with E-state index in [-0.39, 0.29) is 11.5 Å². The lowest BCUT2D eigenvalue weighted by molar-refractivity contribution is -0.121. The van der Waals surface area contributed by atoms with Crippen LogP contribution >= 0.6 is 0 Å². The third kappa shape index (κ3) is 3.96. The maximum Gasteiger partial charge on any atom is 0.251 e. The Morgan fingerprint density at radius 3 is 2.83 bits per heavy atom. The van der Waals surface area contributed by atoms with Crippen molar-refractivity contribution in [1.82, 2.24) is 10.3 Å². The number of hydrogen-bond acceptors (Lipinski definition) is 3. The molecule has 1 aliphatic carbocycles. The summed E-state index contributed by atoms with van der Waals surface area (Å²) in [4.78, 5) is 27.0. The van der Waals surface area contributed by atoms with Gasteiger partial charge >= 0.3 is 0 Å². The Bertz CT molecular complexity index is 776. The van der Waals surface area contributed by atoms with Crippen molar-refractivity contribution in [2.75, 3.05) is 13.7 Å². The van der Waals surface area contributed by atoms with Gasteiger partial charge in [-0.05, 0) is 49.4 Å². The number of H-pyrrole nitrogens is 1. The van der Waals surface area contributed by atoms with E-state index < -0.39 is 0 Å². The second-order valence-corrected chi connectivity index (χ2v) is 6.53. The average molecular weight is 328 g/mol. The first-order valence-electron chi connectivity index (χ1n) is 8.62. The molecule has 5 heteroatoms. The van der Waals surface area contributed by atoms with Gasteiger partial charge in [0.15, 0.2) is 0 Å². The first-order valence-corrected chi connectivity index (χ1v) is 8.62. The highest BCUT2D eigenvalue weighted by molar-refractivity contribution is 5.81. The van der Waals surface area contributed by atoms with Gasteiger partial charge in [-0.2, -0.15) is 0 Å². The van der Waals surface area contributed by atoms with Gasteiger partial charge < -0.3 is 15.0 Å². The van der Waals surface area contributed by atoms with Gasteiger partial charge in [-0.3, -0.25) is 9.59 Å². The maximum atomic E-state index is 12.1. The van der Waals surface area contributed by atoms with Crippen LogP contribution in [0.4, 0.5) is 0 Å². The van der Waals surface area contributed by atoms with Crippen LogP contribution in [0.2, 0.25) is 0 Å². The summed E-state index contributed by atoms with van der Waals surface area (Å²) < 4.78 is 5.22. The third-order valence-corrected chi connectivity index (χ3v) is 4.81. The molecule has 0 aliphatic heterocycles. The van der Waals surface area contributed by atoms with E-state index in [9.17, 15) is 9.59 Å². The van der Waals surface area contributed by atoms with Crippen LogP contribution in [0.15, 0.2) is 29.1 Å². The fourth-order valence-corrected chi connectivity index (χ4v) is 3.35. The van der Waals surface area contributed by atoms with Crippen LogP contribution in [0.25, 0.3) is 10.9 Å².